The first kappa shape index (κ1) is 25.8. The van der Waals surface area contributed by atoms with Gasteiger partial charge in [-0.1, -0.05) is 68.4 Å². The van der Waals surface area contributed by atoms with Gasteiger partial charge in [0.25, 0.3) is 11.8 Å². The third-order valence-corrected chi connectivity index (χ3v) is 7.95. The van der Waals surface area contributed by atoms with Crippen LogP contribution in [0.2, 0.25) is 0 Å². The molecule has 2 atom stereocenters. The van der Waals surface area contributed by atoms with Gasteiger partial charge < -0.3 is 15.0 Å². The Morgan fingerprint density at radius 2 is 1.75 bits per heavy atom. The molecule has 3 heterocycles. The van der Waals surface area contributed by atoms with Crippen molar-refractivity contribution >= 4 is 34.4 Å². The molecule has 1 unspecified atom stereocenters. The number of amides is 4. The summed E-state index contributed by atoms with van der Waals surface area (Å²) in [6.07, 6.45) is 0.392. The molecule has 0 bridgehead atoms. The quantitative estimate of drug-likeness (QED) is 0.252. The zero-order valence-electron chi connectivity index (χ0n) is 22.8. The molecule has 0 aliphatic carbocycles. The van der Waals surface area contributed by atoms with E-state index in [9.17, 15) is 14.4 Å². The number of carbonyl (C=O) groups is 3. The summed E-state index contributed by atoms with van der Waals surface area (Å²) in [6.45, 7) is 4.96. The van der Waals surface area contributed by atoms with Crippen LogP contribution >= 0.6 is 0 Å². The van der Waals surface area contributed by atoms with Gasteiger partial charge in [0.1, 0.15) is 12.1 Å². The van der Waals surface area contributed by atoms with E-state index in [1.165, 1.54) is 10.5 Å². The number of rotatable bonds is 7. The highest BCUT2D eigenvalue weighted by Gasteiger charge is 2.53. The second-order valence-electron chi connectivity index (χ2n) is 10.6. The molecular weight excluding hydrogens is 504 g/mol. The number of hydrogen-bond donors (Lipinski definition) is 2. The first-order chi connectivity index (χ1) is 19.4. The van der Waals surface area contributed by atoms with Crippen LogP contribution in [-0.2, 0) is 16.0 Å². The van der Waals surface area contributed by atoms with Crippen molar-refractivity contribution in [1.29, 1.82) is 0 Å². The number of imide groups is 1. The molecule has 40 heavy (non-hydrogen) atoms. The number of methoxy groups -OCH3 is 1. The monoisotopic (exact) mass is 536 g/mol. The number of para-hydroxylation sites is 2. The normalized spacial score (nSPS) is 18.4. The fourth-order valence-electron chi connectivity index (χ4n) is 5.93. The highest BCUT2D eigenvalue weighted by atomic mass is 16.5. The lowest BCUT2D eigenvalue weighted by Crippen LogP contribution is -2.44. The van der Waals surface area contributed by atoms with Crippen molar-refractivity contribution in [2.75, 3.05) is 25.2 Å². The largest absolute Gasteiger partial charge is 0.383 e. The maximum Gasteiger partial charge on any atom is 0.332 e. The van der Waals surface area contributed by atoms with Gasteiger partial charge in [0.2, 0.25) is 0 Å². The number of aromatic nitrogens is 1. The number of fused-ring (bicyclic) bond motifs is 4. The Labute approximate surface area is 232 Å². The topological polar surface area (TPSA) is 94.7 Å². The second-order valence-corrected chi connectivity index (χ2v) is 10.6. The van der Waals surface area contributed by atoms with Crippen LogP contribution in [0.3, 0.4) is 0 Å². The Balaban J connectivity index is 1.45. The van der Waals surface area contributed by atoms with Gasteiger partial charge in [-0.05, 0) is 40.8 Å². The van der Waals surface area contributed by atoms with E-state index in [2.05, 4.69) is 54.5 Å². The van der Waals surface area contributed by atoms with Gasteiger partial charge in [-0.15, -0.1) is 0 Å². The van der Waals surface area contributed by atoms with Crippen LogP contribution in [0.25, 0.3) is 10.9 Å². The number of benzene rings is 3. The Morgan fingerprint density at radius 3 is 2.50 bits per heavy atom. The van der Waals surface area contributed by atoms with E-state index in [-0.39, 0.29) is 23.1 Å². The predicted octanol–water partition coefficient (Wildman–Crippen LogP) is 5.15. The SMILES string of the molecule is COCCNC(=O)c1ccccc1N1C(=O)[C@@H]2Cc3c([nH]c4ccccc34)C(c3ccc(C(C)C)cc3)N2C1=O. The number of nitrogens with one attached hydrogen (secondary N) is 2. The molecule has 6 rings (SSSR count). The fraction of sp³-hybridized carbons (Fsp3) is 0.281. The molecular formula is C32H32N4O4. The van der Waals surface area contributed by atoms with Crippen LogP contribution < -0.4 is 10.2 Å². The van der Waals surface area contributed by atoms with Gasteiger partial charge in [0.05, 0.1) is 17.9 Å². The zero-order chi connectivity index (χ0) is 28.0. The Hall–Kier alpha value is -4.43. The van der Waals surface area contributed by atoms with Gasteiger partial charge in [0, 0.05) is 36.7 Å². The van der Waals surface area contributed by atoms with Crippen molar-refractivity contribution in [3.63, 3.8) is 0 Å². The smallest absolute Gasteiger partial charge is 0.332 e. The molecule has 1 aromatic heterocycles. The third kappa shape index (κ3) is 4.16. The van der Waals surface area contributed by atoms with E-state index in [4.69, 9.17) is 4.74 Å². The number of anilines is 1. The van der Waals surface area contributed by atoms with Crippen LogP contribution in [0, 0.1) is 0 Å². The highest BCUT2D eigenvalue weighted by molar-refractivity contribution is 6.24. The maximum absolute atomic E-state index is 14.2. The highest BCUT2D eigenvalue weighted by Crippen LogP contribution is 2.45. The number of ether oxygens (including phenoxy) is 1. The molecule has 3 aromatic carbocycles. The van der Waals surface area contributed by atoms with Crippen molar-refractivity contribution in [3.8, 4) is 0 Å². The average Bonchev–Trinajstić information content (AvgIpc) is 3.46. The minimum Gasteiger partial charge on any atom is -0.383 e. The van der Waals surface area contributed by atoms with E-state index in [0.29, 0.717) is 25.5 Å². The molecule has 0 saturated carbocycles. The molecule has 8 nitrogen and oxygen atoms in total. The number of hydrogen-bond acceptors (Lipinski definition) is 4. The molecule has 0 radical (unpaired) electrons. The van der Waals surface area contributed by atoms with Crippen LogP contribution in [0.1, 0.15) is 58.5 Å². The van der Waals surface area contributed by atoms with Gasteiger partial charge in [-0.2, -0.15) is 0 Å². The molecule has 2 N–H and O–H groups in total. The molecule has 0 spiro atoms. The zero-order valence-corrected chi connectivity index (χ0v) is 22.8. The van der Waals surface area contributed by atoms with Gasteiger partial charge in [0.15, 0.2) is 0 Å². The van der Waals surface area contributed by atoms with Crippen molar-refractivity contribution in [2.24, 2.45) is 0 Å². The summed E-state index contributed by atoms with van der Waals surface area (Å²) in [7, 11) is 1.56. The van der Waals surface area contributed by atoms with E-state index in [0.717, 1.165) is 27.7 Å². The molecule has 1 saturated heterocycles. The Kier molecular flexibility index (Phi) is 6.64. The fourth-order valence-corrected chi connectivity index (χ4v) is 5.93. The van der Waals surface area contributed by atoms with E-state index < -0.39 is 18.1 Å². The second kappa shape index (κ2) is 10.3. The summed E-state index contributed by atoms with van der Waals surface area (Å²) in [5.41, 5.74) is 5.62. The minimum absolute atomic E-state index is 0.266. The summed E-state index contributed by atoms with van der Waals surface area (Å²) in [6, 6.07) is 21.5. The lowest BCUT2D eigenvalue weighted by Gasteiger charge is -2.36. The van der Waals surface area contributed by atoms with Crippen molar-refractivity contribution in [3.05, 3.63) is 101 Å². The van der Waals surface area contributed by atoms with Crippen molar-refractivity contribution in [2.45, 2.75) is 38.3 Å². The maximum atomic E-state index is 14.2. The predicted molar refractivity (Wildman–Crippen MR) is 154 cm³/mol. The first-order valence-corrected chi connectivity index (χ1v) is 13.6. The molecule has 4 aromatic rings. The van der Waals surface area contributed by atoms with Crippen LogP contribution in [0.5, 0.6) is 0 Å². The average molecular weight is 537 g/mol. The summed E-state index contributed by atoms with van der Waals surface area (Å²) in [5.74, 6) is -0.328. The lowest BCUT2D eigenvalue weighted by molar-refractivity contribution is -0.120. The Bertz CT molecular complexity index is 1610. The van der Waals surface area contributed by atoms with Crippen LogP contribution in [0.4, 0.5) is 10.5 Å². The van der Waals surface area contributed by atoms with Crippen molar-refractivity contribution < 1.29 is 19.1 Å². The third-order valence-electron chi connectivity index (χ3n) is 7.95. The van der Waals surface area contributed by atoms with Crippen LogP contribution in [0.15, 0.2) is 72.8 Å². The Morgan fingerprint density at radius 1 is 1.02 bits per heavy atom. The molecule has 1 fully saturated rings. The number of carbonyl (C=O) groups excluding carboxylic acids is 3. The van der Waals surface area contributed by atoms with Gasteiger partial charge in [-0.25, -0.2) is 9.69 Å². The van der Waals surface area contributed by atoms with E-state index in [1.807, 2.05) is 18.2 Å². The standard InChI is InChI=1S/C32H32N4O4/c1-19(2)20-12-14-21(15-13-20)29-28-24(22-8-4-6-10-25(22)34-28)18-27-31(38)36(32(39)35(27)29)26-11-7-5-9-23(26)30(37)33-16-17-40-3/h4-15,19,27,29,34H,16-18H2,1-3H3,(H,33,37)/t27-,29?/m0/s1. The summed E-state index contributed by atoms with van der Waals surface area (Å²) < 4.78 is 5.04. The van der Waals surface area contributed by atoms with Gasteiger partial charge >= 0.3 is 6.03 Å². The summed E-state index contributed by atoms with van der Waals surface area (Å²) >= 11 is 0. The van der Waals surface area contributed by atoms with E-state index in [1.54, 1.807) is 36.3 Å². The summed E-state index contributed by atoms with van der Waals surface area (Å²) in [5, 5.41) is 3.86. The number of nitrogens with zero attached hydrogens (tertiary/aromatic N) is 2. The number of urea groups is 1. The van der Waals surface area contributed by atoms with E-state index >= 15 is 0 Å². The molecule has 204 valence electrons. The van der Waals surface area contributed by atoms with Gasteiger partial charge in [-0.3, -0.25) is 14.5 Å². The number of H-pyrrole nitrogens is 1. The minimum atomic E-state index is -0.696. The van der Waals surface area contributed by atoms with Crippen molar-refractivity contribution in [1.82, 2.24) is 15.2 Å². The lowest BCUT2D eigenvalue weighted by atomic mass is 9.88. The first-order valence-electron chi connectivity index (χ1n) is 13.6. The molecule has 4 amide bonds. The molecule has 2 aliphatic rings. The van der Waals surface area contributed by atoms with Crippen LogP contribution in [-0.4, -0.2) is 54.0 Å². The summed E-state index contributed by atoms with van der Waals surface area (Å²) in [4.78, 5) is 47.8. The molecule has 2 aliphatic heterocycles. The molecule has 8 heteroatoms. The number of aromatic amines is 1.